The first-order chi connectivity index (χ1) is 7.79. The summed E-state index contributed by atoms with van der Waals surface area (Å²) in [5.74, 6) is 0.769. The molecule has 3 heteroatoms. The Balaban J connectivity index is 2.76. The second-order valence-corrected chi connectivity index (χ2v) is 5.40. The van der Waals surface area contributed by atoms with Gasteiger partial charge in [0.1, 0.15) is 5.75 Å². The first-order valence-electron chi connectivity index (χ1n) is 5.87. The topological polar surface area (TPSA) is 38.3 Å². The van der Waals surface area contributed by atoms with Crippen LogP contribution >= 0.6 is 0 Å². The maximum absolute atomic E-state index is 11.8. The smallest absolute Gasteiger partial charge is 0.229 e. The molecule has 1 aromatic rings. The number of ether oxygens (including phenoxy) is 1. The SMILES string of the molecule is CC(C)Oc1cccc(NC(=O)C(C)(C)C)c1. The van der Waals surface area contributed by atoms with Crippen molar-refractivity contribution in [1.82, 2.24) is 0 Å². The average molecular weight is 235 g/mol. The van der Waals surface area contributed by atoms with Gasteiger partial charge >= 0.3 is 0 Å². The normalized spacial score (nSPS) is 11.4. The van der Waals surface area contributed by atoms with Crippen molar-refractivity contribution in [3.63, 3.8) is 0 Å². The molecule has 0 aliphatic heterocycles. The minimum absolute atomic E-state index is 0.000744. The minimum atomic E-state index is -0.394. The van der Waals surface area contributed by atoms with Crippen LogP contribution in [0.2, 0.25) is 0 Å². The number of amides is 1. The molecule has 0 spiro atoms. The van der Waals surface area contributed by atoms with Crippen LogP contribution in [0.5, 0.6) is 5.75 Å². The lowest BCUT2D eigenvalue weighted by atomic mass is 9.95. The molecule has 0 unspecified atom stereocenters. The molecule has 94 valence electrons. The summed E-state index contributed by atoms with van der Waals surface area (Å²) in [4.78, 5) is 11.8. The Kier molecular flexibility index (Phi) is 4.16. The Morgan fingerprint density at radius 2 is 1.94 bits per heavy atom. The highest BCUT2D eigenvalue weighted by atomic mass is 16.5. The number of rotatable bonds is 3. The number of anilines is 1. The van der Waals surface area contributed by atoms with E-state index in [0.717, 1.165) is 11.4 Å². The highest BCUT2D eigenvalue weighted by molar-refractivity contribution is 5.94. The summed E-state index contributed by atoms with van der Waals surface area (Å²) in [5.41, 5.74) is 0.373. The van der Waals surface area contributed by atoms with Gasteiger partial charge in [-0.3, -0.25) is 4.79 Å². The van der Waals surface area contributed by atoms with Gasteiger partial charge in [-0.15, -0.1) is 0 Å². The molecule has 0 heterocycles. The van der Waals surface area contributed by atoms with Gasteiger partial charge in [0, 0.05) is 17.2 Å². The third kappa shape index (κ3) is 4.47. The van der Waals surface area contributed by atoms with Gasteiger partial charge in [0.15, 0.2) is 0 Å². The molecule has 0 fully saturated rings. The van der Waals surface area contributed by atoms with Gasteiger partial charge < -0.3 is 10.1 Å². The standard InChI is InChI=1S/C14H21NO2/c1-10(2)17-12-8-6-7-11(9-12)15-13(16)14(3,4)5/h6-10H,1-5H3,(H,15,16). The molecule has 0 aliphatic rings. The molecular weight excluding hydrogens is 214 g/mol. The van der Waals surface area contributed by atoms with Gasteiger partial charge in [-0.1, -0.05) is 26.8 Å². The van der Waals surface area contributed by atoms with E-state index < -0.39 is 5.41 Å². The number of hydrogen-bond acceptors (Lipinski definition) is 2. The lowest BCUT2D eigenvalue weighted by molar-refractivity contribution is -0.123. The number of benzene rings is 1. The zero-order valence-corrected chi connectivity index (χ0v) is 11.2. The molecule has 0 saturated carbocycles. The van der Waals surface area contributed by atoms with Gasteiger partial charge in [-0.2, -0.15) is 0 Å². The summed E-state index contributed by atoms with van der Waals surface area (Å²) in [6.07, 6.45) is 0.128. The fourth-order valence-corrected chi connectivity index (χ4v) is 1.24. The maximum Gasteiger partial charge on any atom is 0.229 e. The van der Waals surface area contributed by atoms with E-state index in [0.29, 0.717) is 0 Å². The van der Waals surface area contributed by atoms with E-state index in [9.17, 15) is 4.79 Å². The fraction of sp³-hybridized carbons (Fsp3) is 0.500. The zero-order valence-electron chi connectivity index (χ0n) is 11.2. The molecular formula is C14H21NO2. The van der Waals surface area contributed by atoms with Gasteiger partial charge in [-0.05, 0) is 26.0 Å². The van der Waals surface area contributed by atoms with Gasteiger partial charge in [0.05, 0.1) is 6.10 Å². The van der Waals surface area contributed by atoms with Crippen molar-refractivity contribution in [2.45, 2.75) is 40.7 Å². The Labute approximate surface area is 103 Å². The summed E-state index contributed by atoms with van der Waals surface area (Å²) in [6.45, 7) is 9.60. The molecule has 1 rings (SSSR count). The van der Waals surface area contributed by atoms with Crippen LogP contribution < -0.4 is 10.1 Å². The molecule has 17 heavy (non-hydrogen) atoms. The molecule has 0 radical (unpaired) electrons. The van der Waals surface area contributed by atoms with Crippen LogP contribution in [-0.4, -0.2) is 12.0 Å². The van der Waals surface area contributed by atoms with Crippen LogP contribution in [0.3, 0.4) is 0 Å². The van der Waals surface area contributed by atoms with E-state index in [1.807, 2.05) is 58.9 Å². The minimum Gasteiger partial charge on any atom is -0.491 e. The molecule has 0 atom stereocenters. The predicted molar refractivity (Wildman–Crippen MR) is 70.3 cm³/mol. The second kappa shape index (κ2) is 5.21. The molecule has 0 aliphatic carbocycles. The van der Waals surface area contributed by atoms with E-state index >= 15 is 0 Å². The Morgan fingerprint density at radius 1 is 1.29 bits per heavy atom. The number of hydrogen-bond donors (Lipinski definition) is 1. The largest absolute Gasteiger partial charge is 0.491 e. The molecule has 3 nitrogen and oxygen atoms in total. The lowest BCUT2D eigenvalue weighted by Gasteiger charge is -2.18. The van der Waals surface area contributed by atoms with Crippen LogP contribution in [-0.2, 0) is 4.79 Å². The monoisotopic (exact) mass is 235 g/mol. The van der Waals surface area contributed by atoms with E-state index in [4.69, 9.17) is 4.74 Å². The van der Waals surface area contributed by atoms with Crippen molar-refractivity contribution in [1.29, 1.82) is 0 Å². The van der Waals surface area contributed by atoms with Crippen molar-refractivity contribution < 1.29 is 9.53 Å². The van der Waals surface area contributed by atoms with E-state index in [1.165, 1.54) is 0 Å². The third-order valence-electron chi connectivity index (χ3n) is 2.14. The van der Waals surface area contributed by atoms with Crippen LogP contribution in [0.25, 0.3) is 0 Å². The summed E-state index contributed by atoms with van der Waals surface area (Å²) < 4.78 is 5.57. The highest BCUT2D eigenvalue weighted by Crippen LogP contribution is 2.21. The predicted octanol–water partition coefficient (Wildman–Crippen LogP) is 3.46. The molecule has 1 N–H and O–H groups in total. The van der Waals surface area contributed by atoms with E-state index in [1.54, 1.807) is 0 Å². The van der Waals surface area contributed by atoms with Crippen LogP contribution in [0, 0.1) is 5.41 Å². The highest BCUT2D eigenvalue weighted by Gasteiger charge is 2.21. The molecule has 0 saturated heterocycles. The van der Waals surface area contributed by atoms with Crippen LogP contribution in [0.1, 0.15) is 34.6 Å². The Morgan fingerprint density at radius 3 is 2.47 bits per heavy atom. The lowest BCUT2D eigenvalue weighted by Crippen LogP contribution is -2.27. The number of carbonyl (C=O) groups excluding carboxylic acids is 1. The van der Waals surface area contributed by atoms with Crippen LogP contribution in [0.15, 0.2) is 24.3 Å². The van der Waals surface area contributed by atoms with Crippen molar-refractivity contribution in [2.75, 3.05) is 5.32 Å². The first-order valence-corrected chi connectivity index (χ1v) is 5.87. The zero-order chi connectivity index (χ0) is 13.1. The second-order valence-electron chi connectivity index (χ2n) is 5.40. The van der Waals surface area contributed by atoms with Crippen molar-refractivity contribution in [3.8, 4) is 5.75 Å². The molecule has 0 aromatic heterocycles. The summed E-state index contributed by atoms with van der Waals surface area (Å²) in [5, 5.41) is 2.88. The van der Waals surface area contributed by atoms with E-state index in [2.05, 4.69) is 5.32 Å². The van der Waals surface area contributed by atoms with Crippen molar-refractivity contribution >= 4 is 11.6 Å². The summed E-state index contributed by atoms with van der Waals surface area (Å²) in [7, 11) is 0. The summed E-state index contributed by atoms with van der Waals surface area (Å²) in [6, 6.07) is 7.45. The van der Waals surface area contributed by atoms with Gasteiger partial charge in [0.25, 0.3) is 0 Å². The Bertz CT molecular complexity index is 391. The number of nitrogens with one attached hydrogen (secondary N) is 1. The third-order valence-corrected chi connectivity index (χ3v) is 2.14. The van der Waals surface area contributed by atoms with E-state index in [-0.39, 0.29) is 12.0 Å². The molecule has 1 aromatic carbocycles. The quantitative estimate of drug-likeness (QED) is 0.871. The molecule has 1 amide bonds. The number of carbonyl (C=O) groups is 1. The average Bonchev–Trinajstić information content (AvgIpc) is 2.15. The van der Waals surface area contributed by atoms with Crippen molar-refractivity contribution in [2.24, 2.45) is 5.41 Å². The Hall–Kier alpha value is -1.51. The van der Waals surface area contributed by atoms with Crippen LogP contribution in [0.4, 0.5) is 5.69 Å². The van der Waals surface area contributed by atoms with Gasteiger partial charge in [0.2, 0.25) is 5.91 Å². The first kappa shape index (κ1) is 13.6. The van der Waals surface area contributed by atoms with Crippen molar-refractivity contribution in [3.05, 3.63) is 24.3 Å². The fourth-order valence-electron chi connectivity index (χ4n) is 1.24. The van der Waals surface area contributed by atoms with Gasteiger partial charge in [-0.25, -0.2) is 0 Å². The summed E-state index contributed by atoms with van der Waals surface area (Å²) >= 11 is 0. The molecule has 0 bridgehead atoms. The maximum atomic E-state index is 11.8.